The van der Waals surface area contributed by atoms with Crippen LogP contribution in [0.15, 0.2) is 18.2 Å². The molecule has 0 saturated heterocycles. The van der Waals surface area contributed by atoms with Gasteiger partial charge in [-0.1, -0.05) is 19.9 Å². The fourth-order valence-corrected chi connectivity index (χ4v) is 1.42. The molecule has 0 fully saturated rings. The first kappa shape index (κ1) is 14.6. The quantitative estimate of drug-likeness (QED) is 0.873. The number of carbonyl (C=O) groups excluding carboxylic acids is 1. The van der Waals surface area contributed by atoms with Crippen molar-refractivity contribution in [3.63, 3.8) is 0 Å². The summed E-state index contributed by atoms with van der Waals surface area (Å²) < 4.78 is 26.1. The van der Waals surface area contributed by atoms with E-state index < -0.39 is 11.6 Å². The highest BCUT2D eigenvalue weighted by Crippen LogP contribution is 2.11. The number of benzene rings is 1. The second kappa shape index (κ2) is 6.44. The predicted molar refractivity (Wildman–Crippen MR) is 66.0 cm³/mol. The Labute approximate surface area is 106 Å². The van der Waals surface area contributed by atoms with E-state index in [2.05, 4.69) is 5.32 Å². The van der Waals surface area contributed by atoms with Crippen molar-refractivity contribution < 1.29 is 13.6 Å². The zero-order chi connectivity index (χ0) is 13.7. The van der Waals surface area contributed by atoms with Crippen LogP contribution in [0, 0.1) is 11.6 Å². The van der Waals surface area contributed by atoms with Crippen molar-refractivity contribution in [3.8, 4) is 0 Å². The molecule has 0 aliphatic rings. The summed E-state index contributed by atoms with van der Waals surface area (Å²) in [7, 11) is 1.59. The summed E-state index contributed by atoms with van der Waals surface area (Å²) in [5, 5.41) is 2.99. The van der Waals surface area contributed by atoms with E-state index >= 15 is 0 Å². The van der Waals surface area contributed by atoms with Crippen molar-refractivity contribution in [2.45, 2.75) is 26.4 Å². The van der Waals surface area contributed by atoms with Gasteiger partial charge in [-0.25, -0.2) is 8.78 Å². The number of nitrogens with zero attached hydrogens (tertiary/aromatic N) is 1. The first-order chi connectivity index (χ1) is 8.40. The normalized spacial score (nSPS) is 10.8. The fourth-order valence-electron chi connectivity index (χ4n) is 1.42. The first-order valence-electron chi connectivity index (χ1n) is 5.81. The molecule has 5 heteroatoms. The number of rotatable bonds is 5. The summed E-state index contributed by atoms with van der Waals surface area (Å²) in [6.45, 7) is 4.21. The zero-order valence-electron chi connectivity index (χ0n) is 10.8. The Bertz CT molecular complexity index is 421. The predicted octanol–water partition coefficient (Wildman–Crippen LogP) is 1.92. The Hall–Kier alpha value is -1.49. The summed E-state index contributed by atoms with van der Waals surface area (Å²) in [5.41, 5.74) is 0.303. The van der Waals surface area contributed by atoms with Crippen LogP contribution in [0.5, 0.6) is 0 Å². The van der Waals surface area contributed by atoms with Gasteiger partial charge in [0.15, 0.2) is 0 Å². The average Bonchev–Trinajstić information content (AvgIpc) is 2.29. The van der Waals surface area contributed by atoms with Crippen LogP contribution in [0.25, 0.3) is 0 Å². The highest BCUT2D eigenvalue weighted by Gasteiger charge is 2.12. The van der Waals surface area contributed by atoms with Crippen molar-refractivity contribution in [1.29, 1.82) is 0 Å². The van der Waals surface area contributed by atoms with E-state index in [4.69, 9.17) is 0 Å². The molecule has 1 N–H and O–H groups in total. The van der Waals surface area contributed by atoms with E-state index in [-0.39, 0.29) is 25.0 Å². The molecule has 0 atom stereocenters. The highest BCUT2D eigenvalue weighted by atomic mass is 19.1. The van der Waals surface area contributed by atoms with Crippen molar-refractivity contribution in [1.82, 2.24) is 10.2 Å². The van der Waals surface area contributed by atoms with Gasteiger partial charge in [0.25, 0.3) is 0 Å². The molecule has 1 aromatic carbocycles. The van der Waals surface area contributed by atoms with Gasteiger partial charge in [0.2, 0.25) is 5.91 Å². The fraction of sp³-hybridized carbons (Fsp3) is 0.462. The van der Waals surface area contributed by atoms with Gasteiger partial charge in [0, 0.05) is 31.3 Å². The third-order valence-corrected chi connectivity index (χ3v) is 2.51. The molecular weight excluding hydrogens is 238 g/mol. The number of amides is 1. The van der Waals surface area contributed by atoms with Gasteiger partial charge < -0.3 is 10.2 Å². The van der Waals surface area contributed by atoms with E-state index in [0.29, 0.717) is 5.56 Å². The van der Waals surface area contributed by atoms with Crippen LogP contribution in [-0.2, 0) is 11.3 Å². The molecular formula is C13H18F2N2O. The molecule has 0 spiro atoms. The molecule has 0 aromatic heterocycles. The third kappa shape index (κ3) is 4.41. The lowest BCUT2D eigenvalue weighted by molar-refractivity contribution is -0.129. The van der Waals surface area contributed by atoms with E-state index in [9.17, 15) is 13.6 Å². The number of likely N-dealkylation sites (N-methyl/N-ethyl adjacent to an activating group) is 1. The highest BCUT2D eigenvalue weighted by molar-refractivity contribution is 5.78. The van der Waals surface area contributed by atoms with E-state index in [1.165, 1.54) is 17.0 Å². The SMILES string of the molecule is CC(C)NCC(=O)N(C)Cc1ccc(F)cc1F. The van der Waals surface area contributed by atoms with Gasteiger partial charge in [-0.3, -0.25) is 4.79 Å². The molecule has 3 nitrogen and oxygen atoms in total. The largest absolute Gasteiger partial charge is 0.340 e. The number of halogens is 2. The second-order valence-corrected chi connectivity index (χ2v) is 4.52. The maximum atomic E-state index is 13.4. The molecule has 18 heavy (non-hydrogen) atoms. The molecule has 0 unspecified atom stereocenters. The second-order valence-electron chi connectivity index (χ2n) is 4.52. The molecule has 0 radical (unpaired) electrons. The maximum Gasteiger partial charge on any atom is 0.236 e. The lowest BCUT2D eigenvalue weighted by Crippen LogP contribution is -2.37. The molecule has 0 saturated carbocycles. The minimum atomic E-state index is -0.633. The summed E-state index contributed by atoms with van der Waals surface area (Å²) in [6.07, 6.45) is 0. The summed E-state index contributed by atoms with van der Waals surface area (Å²) in [5.74, 6) is -1.38. The first-order valence-corrected chi connectivity index (χ1v) is 5.81. The minimum absolute atomic E-state index is 0.130. The van der Waals surface area contributed by atoms with Gasteiger partial charge in [0.1, 0.15) is 11.6 Å². The lowest BCUT2D eigenvalue weighted by atomic mass is 10.2. The number of nitrogens with one attached hydrogen (secondary N) is 1. The monoisotopic (exact) mass is 256 g/mol. The Morgan fingerprint density at radius 1 is 1.39 bits per heavy atom. The summed E-state index contributed by atoms with van der Waals surface area (Å²) in [6, 6.07) is 3.57. The zero-order valence-corrected chi connectivity index (χ0v) is 10.8. The van der Waals surface area contributed by atoms with Gasteiger partial charge in [-0.05, 0) is 6.07 Å². The molecule has 0 aliphatic heterocycles. The Balaban J connectivity index is 2.58. The van der Waals surface area contributed by atoms with Crippen LogP contribution in [0.4, 0.5) is 8.78 Å². The average molecular weight is 256 g/mol. The van der Waals surface area contributed by atoms with Crippen LogP contribution in [0.2, 0.25) is 0 Å². The van der Waals surface area contributed by atoms with Gasteiger partial charge in [0.05, 0.1) is 6.54 Å². The van der Waals surface area contributed by atoms with Crippen LogP contribution >= 0.6 is 0 Å². The Kier molecular flexibility index (Phi) is 5.22. The number of hydrogen-bond donors (Lipinski definition) is 1. The molecule has 0 bridgehead atoms. The van der Waals surface area contributed by atoms with Crippen LogP contribution < -0.4 is 5.32 Å². The Morgan fingerprint density at radius 2 is 2.06 bits per heavy atom. The van der Waals surface area contributed by atoms with Gasteiger partial charge >= 0.3 is 0 Å². The maximum absolute atomic E-state index is 13.4. The van der Waals surface area contributed by atoms with Gasteiger partial charge in [-0.2, -0.15) is 0 Å². The molecule has 100 valence electrons. The third-order valence-electron chi connectivity index (χ3n) is 2.51. The molecule has 1 aromatic rings. The minimum Gasteiger partial charge on any atom is -0.340 e. The molecule has 0 heterocycles. The molecule has 1 rings (SSSR count). The van der Waals surface area contributed by atoms with Crippen molar-refractivity contribution in [2.24, 2.45) is 0 Å². The summed E-state index contributed by atoms with van der Waals surface area (Å²) in [4.78, 5) is 13.1. The van der Waals surface area contributed by atoms with Crippen LogP contribution in [0.1, 0.15) is 19.4 Å². The topological polar surface area (TPSA) is 32.3 Å². The molecule has 1 amide bonds. The van der Waals surface area contributed by atoms with Gasteiger partial charge in [-0.15, -0.1) is 0 Å². The smallest absolute Gasteiger partial charge is 0.236 e. The summed E-state index contributed by atoms with van der Waals surface area (Å²) >= 11 is 0. The lowest BCUT2D eigenvalue weighted by Gasteiger charge is -2.18. The molecule has 0 aliphatic carbocycles. The van der Waals surface area contributed by atoms with Crippen LogP contribution in [-0.4, -0.2) is 30.4 Å². The number of hydrogen-bond acceptors (Lipinski definition) is 2. The van der Waals surface area contributed by atoms with Crippen LogP contribution in [0.3, 0.4) is 0 Å². The van der Waals surface area contributed by atoms with E-state index in [1.807, 2.05) is 13.8 Å². The number of carbonyl (C=O) groups is 1. The van der Waals surface area contributed by atoms with Crippen molar-refractivity contribution in [2.75, 3.05) is 13.6 Å². The standard InChI is InChI=1S/C13H18F2N2O/c1-9(2)16-7-13(18)17(3)8-10-4-5-11(14)6-12(10)15/h4-6,9,16H,7-8H2,1-3H3. The van der Waals surface area contributed by atoms with E-state index in [0.717, 1.165) is 6.07 Å². The van der Waals surface area contributed by atoms with Crippen molar-refractivity contribution in [3.05, 3.63) is 35.4 Å². The van der Waals surface area contributed by atoms with Crippen molar-refractivity contribution >= 4 is 5.91 Å². The van der Waals surface area contributed by atoms with E-state index in [1.54, 1.807) is 7.05 Å². The Morgan fingerprint density at radius 3 is 2.61 bits per heavy atom.